The average molecular weight is 245 g/mol. The molecular formula is C9H7BrClN. The third kappa shape index (κ3) is 1.80. The molecule has 0 N–H and O–H groups in total. The van der Waals surface area contributed by atoms with Crippen LogP contribution in [0.2, 0.25) is 5.02 Å². The van der Waals surface area contributed by atoms with Crippen LogP contribution in [0, 0.1) is 11.3 Å². The van der Waals surface area contributed by atoms with Gasteiger partial charge in [0.05, 0.1) is 16.7 Å². The molecule has 62 valence electrons. The van der Waals surface area contributed by atoms with Crippen molar-refractivity contribution in [1.82, 2.24) is 0 Å². The molecule has 0 unspecified atom stereocenters. The Bertz CT molecular complexity index is 341. The maximum absolute atomic E-state index is 8.74. The van der Waals surface area contributed by atoms with Crippen LogP contribution in [0.1, 0.15) is 18.1 Å². The van der Waals surface area contributed by atoms with E-state index in [1.807, 2.05) is 13.0 Å². The van der Waals surface area contributed by atoms with E-state index in [9.17, 15) is 0 Å². The molecule has 0 spiro atoms. The molecule has 1 aromatic rings. The Morgan fingerprint density at radius 2 is 2.25 bits per heavy atom. The number of hydrogen-bond acceptors (Lipinski definition) is 1. The first-order valence-corrected chi connectivity index (χ1v) is 4.74. The van der Waals surface area contributed by atoms with Gasteiger partial charge in [-0.1, -0.05) is 18.5 Å². The second-order valence-corrected chi connectivity index (χ2v) is 3.65. The Hall–Kier alpha value is -0.520. The van der Waals surface area contributed by atoms with Crippen molar-refractivity contribution < 1.29 is 0 Å². The average Bonchev–Trinajstić information content (AvgIpc) is 2.09. The van der Waals surface area contributed by atoms with E-state index in [2.05, 4.69) is 22.0 Å². The van der Waals surface area contributed by atoms with Gasteiger partial charge >= 0.3 is 0 Å². The summed E-state index contributed by atoms with van der Waals surface area (Å²) in [5.41, 5.74) is 1.68. The first kappa shape index (κ1) is 9.57. The molecule has 0 saturated carbocycles. The molecule has 0 aliphatic heterocycles. The van der Waals surface area contributed by atoms with Crippen LogP contribution in [0.3, 0.4) is 0 Å². The maximum Gasteiger partial charge on any atom is 0.0995 e. The van der Waals surface area contributed by atoms with Gasteiger partial charge in [0.25, 0.3) is 0 Å². The Labute approximate surface area is 85.1 Å². The highest BCUT2D eigenvalue weighted by Crippen LogP contribution is 2.26. The van der Waals surface area contributed by atoms with Crippen molar-refractivity contribution in [2.24, 2.45) is 0 Å². The number of benzene rings is 1. The molecule has 0 saturated heterocycles. The van der Waals surface area contributed by atoms with Crippen molar-refractivity contribution in [2.45, 2.75) is 13.3 Å². The van der Waals surface area contributed by atoms with Crippen LogP contribution in [-0.2, 0) is 6.42 Å². The summed E-state index contributed by atoms with van der Waals surface area (Å²) in [7, 11) is 0. The molecule has 0 aromatic heterocycles. The molecule has 0 atom stereocenters. The third-order valence-corrected chi connectivity index (χ3v) is 2.84. The van der Waals surface area contributed by atoms with Gasteiger partial charge in [-0.3, -0.25) is 0 Å². The normalized spacial score (nSPS) is 9.50. The van der Waals surface area contributed by atoms with E-state index in [1.165, 1.54) is 0 Å². The monoisotopic (exact) mass is 243 g/mol. The fourth-order valence-electron chi connectivity index (χ4n) is 0.985. The van der Waals surface area contributed by atoms with Gasteiger partial charge in [-0.15, -0.1) is 0 Å². The van der Waals surface area contributed by atoms with Crippen LogP contribution in [0.5, 0.6) is 0 Å². The topological polar surface area (TPSA) is 23.8 Å². The predicted molar refractivity (Wildman–Crippen MR) is 53.2 cm³/mol. The molecule has 3 heteroatoms. The Morgan fingerprint density at radius 1 is 1.58 bits per heavy atom. The van der Waals surface area contributed by atoms with Gasteiger partial charge in [-0.05, 0) is 40.0 Å². The molecule has 0 fully saturated rings. The van der Waals surface area contributed by atoms with Gasteiger partial charge in [-0.25, -0.2) is 0 Å². The fourth-order valence-corrected chi connectivity index (χ4v) is 1.54. The molecule has 0 aliphatic carbocycles. The zero-order valence-corrected chi connectivity index (χ0v) is 8.91. The lowest BCUT2D eigenvalue weighted by atomic mass is 10.1. The molecule has 0 bridgehead atoms. The number of halogens is 2. The Balaban J connectivity index is 3.31. The number of aryl methyl sites for hydroxylation is 1. The van der Waals surface area contributed by atoms with Gasteiger partial charge in [0.1, 0.15) is 0 Å². The van der Waals surface area contributed by atoms with Gasteiger partial charge in [0.15, 0.2) is 0 Å². The van der Waals surface area contributed by atoms with Crippen molar-refractivity contribution in [3.8, 4) is 6.07 Å². The Morgan fingerprint density at radius 3 is 2.75 bits per heavy atom. The molecule has 1 rings (SSSR count). The van der Waals surface area contributed by atoms with Crippen LogP contribution >= 0.6 is 27.5 Å². The summed E-state index contributed by atoms with van der Waals surface area (Å²) in [6.07, 6.45) is 0.846. The standard InChI is InChI=1S/C9H7BrClN/c1-2-6-3-8(10)9(11)4-7(6)5-12/h3-4H,2H2,1H3. The molecule has 1 aromatic carbocycles. The highest BCUT2D eigenvalue weighted by Gasteiger charge is 2.04. The maximum atomic E-state index is 8.74. The molecule has 0 aliphatic rings. The van der Waals surface area contributed by atoms with Gasteiger partial charge in [0.2, 0.25) is 0 Å². The Kier molecular flexibility index (Phi) is 3.13. The SMILES string of the molecule is CCc1cc(Br)c(Cl)cc1C#N. The molecule has 0 amide bonds. The highest BCUT2D eigenvalue weighted by molar-refractivity contribution is 9.10. The minimum atomic E-state index is 0.587. The molecule has 1 nitrogen and oxygen atoms in total. The summed E-state index contributed by atoms with van der Waals surface area (Å²) in [5.74, 6) is 0. The second kappa shape index (κ2) is 3.93. The summed E-state index contributed by atoms with van der Waals surface area (Å²) in [6, 6.07) is 5.68. The minimum absolute atomic E-state index is 0.587. The van der Waals surface area contributed by atoms with E-state index in [-0.39, 0.29) is 0 Å². The number of rotatable bonds is 1. The predicted octanol–water partition coefficient (Wildman–Crippen LogP) is 3.54. The first-order valence-electron chi connectivity index (χ1n) is 3.57. The molecule has 0 heterocycles. The van der Waals surface area contributed by atoms with Crippen LogP contribution in [-0.4, -0.2) is 0 Å². The van der Waals surface area contributed by atoms with Crippen molar-refractivity contribution in [2.75, 3.05) is 0 Å². The summed E-state index contributed by atoms with van der Waals surface area (Å²) in [4.78, 5) is 0. The number of hydrogen-bond donors (Lipinski definition) is 0. The van der Waals surface area contributed by atoms with Gasteiger partial charge in [-0.2, -0.15) is 5.26 Å². The van der Waals surface area contributed by atoms with E-state index in [4.69, 9.17) is 16.9 Å². The quantitative estimate of drug-likeness (QED) is 0.741. The second-order valence-electron chi connectivity index (χ2n) is 2.39. The van der Waals surface area contributed by atoms with Gasteiger partial charge < -0.3 is 0 Å². The highest BCUT2D eigenvalue weighted by atomic mass is 79.9. The largest absolute Gasteiger partial charge is 0.192 e. The van der Waals surface area contributed by atoms with E-state index >= 15 is 0 Å². The summed E-state index contributed by atoms with van der Waals surface area (Å²) >= 11 is 9.13. The van der Waals surface area contributed by atoms with E-state index in [1.54, 1.807) is 6.07 Å². The zero-order valence-electron chi connectivity index (χ0n) is 6.56. The number of nitrogens with zero attached hydrogens (tertiary/aromatic N) is 1. The summed E-state index contributed by atoms with van der Waals surface area (Å²) < 4.78 is 0.847. The molecular weight excluding hydrogens is 237 g/mol. The van der Waals surface area contributed by atoms with Gasteiger partial charge in [0, 0.05) is 4.47 Å². The molecule has 0 radical (unpaired) electrons. The van der Waals surface area contributed by atoms with E-state index in [0.717, 1.165) is 16.5 Å². The minimum Gasteiger partial charge on any atom is -0.192 e. The van der Waals surface area contributed by atoms with Crippen molar-refractivity contribution in [3.05, 3.63) is 32.8 Å². The van der Waals surface area contributed by atoms with Crippen molar-refractivity contribution in [3.63, 3.8) is 0 Å². The van der Waals surface area contributed by atoms with Crippen LogP contribution in [0.15, 0.2) is 16.6 Å². The van der Waals surface area contributed by atoms with E-state index < -0.39 is 0 Å². The first-order chi connectivity index (χ1) is 5.69. The van der Waals surface area contributed by atoms with Crippen LogP contribution < -0.4 is 0 Å². The van der Waals surface area contributed by atoms with Crippen LogP contribution in [0.25, 0.3) is 0 Å². The summed E-state index contributed by atoms with van der Waals surface area (Å²) in [6.45, 7) is 2.01. The lowest BCUT2D eigenvalue weighted by molar-refractivity contribution is 1.12. The smallest absolute Gasteiger partial charge is 0.0995 e. The lowest BCUT2D eigenvalue weighted by Gasteiger charge is -2.02. The third-order valence-electron chi connectivity index (χ3n) is 1.65. The van der Waals surface area contributed by atoms with E-state index in [0.29, 0.717) is 10.6 Å². The zero-order chi connectivity index (χ0) is 9.14. The van der Waals surface area contributed by atoms with Crippen molar-refractivity contribution >= 4 is 27.5 Å². The fraction of sp³-hybridized carbons (Fsp3) is 0.222. The van der Waals surface area contributed by atoms with Crippen LogP contribution in [0.4, 0.5) is 0 Å². The summed E-state index contributed by atoms with van der Waals surface area (Å²) in [5, 5.41) is 9.33. The number of nitriles is 1. The molecule has 12 heavy (non-hydrogen) atoms. The van der Waals surface area contributed by atoms with Crippen molar-refractivity contribution in [1.29, 1.82) is 5.26 Å². The lowest BCUT2D eigenvalue weighted by Crippen LogP contribution is -1.87.